The lowest BCUT2D eigenvalue weighted by Gasteiger charge is -2.41. The van der Waals surface area contributed by atoms with Crippen molar-refractivity contribution in [2.45, 2.75) is 43.4 Å². The van der Waals surface area contributed by atoms with Gasteiger partial charge in [-0.3, -0.25) is 0 Å². The van der Waals surface area contributed by atoms with Crippen LogP contribution in [-0.2, 0) is 15.9 Å². The largest absolute Gasteiger partial charge is 0.277 e. The molecule has 2 saturated heterocycles. The summed E-state index contributed by atoms with van der Waals surface area (Å²) in [4.78, 5) is 0. The van der Waals surface area contributed by atoms with Crippen LogP contribution >= 0.6 is 11.6 Å². The van der Waals surface area contributed by atoms with E-state index in [4.69, 9.17) is 16.7 Å². The van der Waals surface area contributed by atoms with E-state index in [0.29, 0.717) is 23.4 Å². The normalized spacial score (nSPS) is 34.4. The van der Waals surface area contributed by atoms with Gasteiger partial charge >= 0.3 is 0 Å². The summed E-state index contributed by atoms with van der Waals surface area (Å²) in [7, 11) is -3.77. The zero-order chi connectivity index (χ0) is 14.5. The number of fused-ring (bicyclic) bond motifs is 2. The Hall–Kier alpha value is -0.690. The number of rotatable bonds is 2. The molecule has 2 aliphatic rings. The summed E-state index contributed by atoms with van der Waals surface area (Å²) in [5.74, 6) is 0. The molecule has 20 heavy (non-hydrogen) atoms. The molecule has 0 amide bonds. The minimum Gasteiger partial charge on any atom is -0.238 e. The van der Waals surface area contributed by atoms with Gasteiger partial charge in [-0.05, 0) is 18.9 Å². The van der Waals surface area contributed by atoms with Crippen molar-refractivity contribution in [3.8, 4) is 0 Å². The van der Waals surface area contributed by atoms with Crippen LogP contribution in [0.5, 0.6) is 0 Å². The Bertz CT molecular complexity index is 623. The maximum atomic E-state index is 15.3. The van der Waals surface area contributed by atoms with Gasteiger partial charge in [0.1, 0.15) is 5.67 Å². The van der Waals surface area contributed by atoms with Crippen molar-refractivity contribution in [1.82, 2.24) is 4.31 Å². The molecular formula is C13H16ClFN2O2S. The van der Waals surface area contributed by atoms with Crippen LogP contribution in [0.4, 0.5) is 4.39 Å². The average Bonchev–Trinajstić information content (AvgIpc) is 2.63. The fourth-order valence-electron chi connectivity index (χ4n) is 3.61. The van der Waals surface area contributed by atoms with E-state index in [1.165, 1.54) is 4.31 Å². The number of benzene rings is 1. The van der Waals surface area contributed by atoms with E-state index in [0.717, 1.165) is 0 Å². The van der Waals surface area contributed by atoms with Crippen LogP contribution in [0.2, 0.25) is 5.02 Å². The molecule has 2 aliphatic heterocycles. The Labute approximate surface area is 122 Å². The smallest absolute Gasteiger partial charge is 0.238 e. The van der Waals surface area contributed by atoms with Crippen molar-refractivity contribution < 1.29 is 12.8 Å². The minimum atomic E-state index is -3.77. The molecule has 0 aromatic heterocycles. The van der Waals surface area contributed by atoms with Gasteiger partial charge in [0, 0.05) is 35.5 Å². The summed E-state index contributed by atoms with van der Waals surface area (Å²) in [6, 6.07) is 6.09. The van der Waals surface area contributed by atoms with Gasteiger partial charge in [-0.15, -0.1) is 0 Å². The summed E-state index contributed by atoms with van der Waals surface area (Å²) in [6.07, 6.45) is 1.53. The van der Waals surface area contributed by atoms with Gasteiger partial charge in [0.05, 0.1) is 0 Å². The summed E-state index contributed by atoms with van der Waals surface area (Å²) in [5, 5.41) is 5.63. The highest BCUT2D eigenvalue weighted by Crippen LogP contribution is 2.50. The topological polar surface area (TPSA) is 63.4 Å². The SMILES string of the molecule is NS(=O)(=O)N1C2CCC1CC(F)(c1ccccc1Cl)C2. The second-order valence-electron chi connectivity index (χ2n) is 5.61. The molecule has 2 bridgehead atoms. The van der Waals surface area contributed by atoms with Crippen molar-refractivity contribution in [2.75, 3.05) is 0 Å². The zero-order valence-electron chi connectivity index (χ0n) is 10.8. The molecule has 7 heteroatoms. The fourth-order valence-corrected chi connectivity index (χ4v) is 5.11. The lowest BCUT2D eigenvalue weighted by atomic mass is 9.83. The lowest BCUT2D eigenvalue weighted by Crippen LogP contribution is -2.52. The number of halogens is 2. The first kappa shape index (κ1) is 14.3. The van der Waals surface area contributed by atoms with Gasteiger partial charge in [-0.1, -0.05) is 29.8 Å². The molecule has 1 aromatic rings. The molecule has 2 heterocycles. The molecule has 1 aromatic carbocycles. The van der Waals surface area contributed by atoms with Crippen molar-refractivity contribution in [3.63, 3.8) is 0 Å². The Balaban J connectivity index is 1.96. The van der Waals surface area contributed by atoms with Crippen LogP contribution in [0.25, 0.3) is 0 Å². The number of hydrogen-bond donors (Lipinski definition) is 1. The predicted molar refractivity (Wildman–Crippen MR) is 75.2 cm³/mol. The molecule has 0 saturated carbocycles. The molecule has 2 N–H and O–H groups in total. The Morgan fingerprint density at radius 2 is 1.80 bits per heavy atom. The first-order chi connectivity index (χ1) is 9.31. The lowest BCUT2D eigenvalue weighted by molar-refractivity contribution is 0.0481. The third kappa shape index (κ3) is 2.24. The van der Waals surface area contributed by atoms with Crippen molar-refractivity contribution >= 4 is 21.8 Å². The highest BCUT2D eigenvalue weighted by molar-refractivity contribution is 7.86. The van der Waals surface area contributed by atoms with E-state index in [1.807, 2.05) is 0 Å². The van der Waals surface area contributed by atoms with Crippen molar-refractivity contribution in [3.05, 3.63) is 34.9 Å². The van der Waals surface area contributed by atoms with Gasteiger partial charge in [-0.2, -0.15) is 12.7 Å². The van der Waals surface area contributed by atoms with Gasteiger partial charge in [0.15, 0.2) is 0 Å². The highest BCUT2D eigenvalue weighted by Gasteiger charge is 2.53. The van der Waals surface area contributed by atoms with E-state index in [-0.39, 0.29) is 24.9 Å². The van der Waals surface area contributed by atoms with Crippen LogP contribution in [0, 0.1) is 0 Å². The Kier molecular flexibility index (Phi) is 3.32. The van der Waals surface area contributed by atoms with Gasteiger partial charge in [-0.25, -0.2) is 9.53 Å². The third-order valence-electron chi connectivity index (χ3n) is 4.32. The van der Waals surface area contributed by atoms with Gasteiger partial charge in [0.25, 0.3) is 10.2 Å². The van der Waals surface area contributed by atoms with E-state index >= 15 is 4.39 Å². The number of alkyl halides is 1. The average molecular weight is 319 g/mol. The van der Waals surface area contributed by atoms with E-state index < -0.39 is 15.9 Å². The second kappa shape index (κ2) is 4.66. The number of piperidine rings is 1. The summed E-state index contributed by atoms with van der Waals surface area (Å²) < 4.78 is 39.8. The standard InChI is InChI=1S/C13H16ClFN2O2S/c14-12-4-2-1-3-11(12)13(15)7-9-5-6-10(8-13)17(9)20(16,18)19/h1-4,9-10H,5-8H2,(H2,16,18,19). The molecule has 3 rings (SSSR count). The molecule has 2 fully saturated rings. The minimum absolute atomic E-state index is 0.115. The Morgan fingerprint density at radius 1 is 1.25 bits per heavy atom. The molecule has 110 valence electrons. The van der Waals surface area contributed by atoms with Crippen LogP contribution in [0.15, 0.2) is 24.3 Å². The number of nitrogens with two attached hydrogens (primary N) is 1. The highest BCUT2D eigenvalue weighted by atomic mass is 35.5. The maximum Gasteiger partial charge on any atom is 0.277 e. The molecule has 2 atom stereocenters. The molecule has 4 nitrogen and oxygen atoms in total. The molecule has 2 unspecified atom stereocenters. The second-order valence-corrected chi connectivity index (χ2v) is 7.47. The quantitative estimate of drug-likeness (QED) is 0.909. The molecule has 0 spiro atoms. The zero-order valence-corrected chi connectivity index (χ0v) is 12.4. The Morgan fingerprint density at radius 3 is 2.30 bits per heavy atom. The van der Waals surface area contributed by atoms with E-state index in [9.17, 15) is 8.42 Å². The maximum absolute atomic E-state index is 15.3. The van der Waals surface area contributed by atoms with Crippen LogP contribution in [0.3, 0.4) is 0 Å². The first-order valence-electron chi connectivity index (χ1n) is 6.56. The number of hydrogen-bond acceptors (Lipinski definition) is 2. The van der Waals surface area contributed by atoms with E-state index in [2.05, 4.69) is 0 Å². The van der Waals surface area contributed by atoms with Crippen LogP contribution in [-0.4, -0.2) is 24.8 Å². The molecule has 0 aliphatic carbocycles. The van der Waals surface area contributed by atoms with E-state index in [1.54, 1.807) is 24.3 Å². The molecular weight excluding hydrogens is 303 g/mol. The van der Waals surface area contributed by atoms with Gasteiger partial charge < -0.3 is 0 Å². The third-order valence-corrected chi connectivity index (χ3v) is 5.84. The molecule has 0 radical (unpaired) electrons. The van der Waals surface area contributed by atoms with Crippen LogP contribution in [0.1, 0.15) is 31.2 Å². The van der Waals surface area contributed by atoms with Crippen molar-refractivity contribution in [1.29, 1.82) is 0 Å². The first-order valence-corrected chi connectivity index (χ1v) is 8.44. The summed E-state index contributed by atoms with van der Waals surface area (Å²) in [5.41, 5.74) is -1.13. The predicted octanol–water partition coefficient (Wildman–Crippen LogP) is 2.34. The monoisotopic (exact) mass is 318 g/mol. The number of nitrogens with zero attached hydrogens (tertiary/aromatic N) is 1. The summed E-state index contributed by atoms with van der Waals surface area (Å²) in [6.45, 7) is 0. The van der Waals surface area contributed by atoms with Crippen molar-refractivity contribution in [2.24, 2.45) is 5.14 Å². The van der Waals surface area contributed by atoms with Crippen LogP contribution < -0.4 is 5.14 Å². The summed E-state index contributed by atoms with van der Waals surface area (Å²) >= 11 is 6.09. The fraction of sp³-hybridized carbons (Fsp3) is 0.538. The van der Waals surface area contributed by atoms with Gasteiger partial charge in [0.2, 0.25) is 0 Å².